The molecule has 2 fully saturated rings. The molecule has 1 aromatic rings. The molecule has 2 aliphatic rings. The van der Waals surface area contributed by atoms with E-state index in [-0.39, 0.29) is 30.6 Å². The van der Waals surface area contributed by atoms with Crippen molar-refractivity contribution in [2.45, 2.75) is 44.2 Å². The number of ether oxygens (including phenoxy) is 1. The van der Waals surface area contributed by atoms with Crippen LogP contribution in [-0.2, 0) is 16.1 Å². The van der Waals surface area contributed by atoms with Gasteiger partial charge in [0.2, 0.25) is 0 Å². The van der Waals surface area contributed by atoms with Crippen molar-refractivity contribution in [1.29, 1.82) is 0 Å². The first-order valence-electron chi connectivity index (χ1n) is 7.79. The lowest BCUT2D eigenvalue weighted by Crippen LogP contribution is -2.48. The summed E-state index contributed by atoms with van der Waals surface area (Å²) in [5, 5.41) is 8.94. The van der Waals surface area contributed by atoms with Crippen molar-refractivity contribution in [3.63, 3.8) is 0 Å². The fourth-order valence-electron chi connectivity index (χ4n) is 3.42. The molecule has 0 aromatic heterocycles. The van der Waals surface area contributed by atoms with Crippen LogP contribution in [0, 0.1) is 5.92 Å². The molecule has 1 unspecified atom stereocenters. The van der Waals surface area contributed by atoms with E-state index in [2.05, 4.69) is 0 Å². The Balaban J connectivity index is 1.56. The van der Waals surface area contributed by atoms with Crippen LogP contribution in [0.5, 0.6) is 0 Å². The fraction of sp³-hybridized carbons (Fsp3) is 0.529. The number of rotatable bonds is 4. The van der Waals surface area contributed by atoms with Crippen LogP contribution >= 0.6 is 0 Å². The maximum Gasteiger partial charge on any atom is 0.410 e. The van der Waals surface area contributed by atoms with E-state index in [0.717, 1.165) is 31.2 Å². The van der Waals surface area contributed by atoms with Crippen LogP contribution in [0.15, 0.2) is 30.3 Å². The molecule has 1 aliphatic heterocycles. The minimum absolute atomic E-state index is 0.133. The first kappa shape index (κ1) is 14.9. The molecule has 1 spiro atoms. The minimum Gasteiger partial charge on any atom is -0.481 e. The van der Waals surface area contributed by atoms with Crippen LogP contribution in [-0.4, -0.2) is 34.2 Å². The third-order valence-corrected chi connectivity index (χ3v) is 4.72. The number of aliphatic carboxylic acids is 1. The van der Waals surface area contributed by atoms with E-state index >= 15 is 0 Å². The molecule has 118 valence electrons. The maximum absolute atomic E-state index is 12.3. The second kappa shape index (κ2) is 5.99. The standard InChI is InChI=1S/C17H21NO4/c19-15(20)10-14-6-9-18(17(11-14)7-8-17)16(21)22-12-13-4-2-1-3-5-13/h1-5,14H,6-12H2,(H,19,20). The molecule has 1 saturated carbocycles. The predicted octanol–water partition coefficient (Wildman–Crippen LogP) is 3.04. The van der Waals surface area contributed by atoms with Gasteiger partial charge in [0.25, 0.3) is 0 Å². The molecule has 0 radical (unpaired) electrons. The van der Waals surface area contributed by atoms with Crippen molar-refractivity contribution in [3.8, 4) is 0 Å². The van der Waals surface area contributed by atoms with Gasteiger partial charge in [-0.2, -0.15) is 0 Å². The SMILES string of the molecule is O=C(O)CC1CCN(C(=O)OCc2ccccc2)C2(CC2)C1. The number of nitrogens with zero attached hydrogens (tertiary/aromatic N) is 1. The molecule has 1 N–H and O–H groups in total. The van der Waals surface area contributed by atoms with Gasteiger partial charge in [-0.3, -0.25) is 4.79 Å². The van der Waals surface area contributed by atoms with Gasteiger partial charge in [-0.25, -0.2) is 4.79 Å². The van der Waals surface area contributed by atoms with E-state index in [0.29, 0.717) is 6.54 Å². The highest BCUT2D eigenvalue weighted by Crippen LogP contribution is 2.50. The Morgan fingerprint density at radius 3 is 2.64 bits per heavy atom. The number of piperidine rings is 1. The molecule has 3 rings (SSSR count). The largest absolute Gasteiger partial charge is 0.481 e. The zero-order valence-corrected chi connectivity index (χ0v) is 12.5. The zero-order valence-electron chi connectivity index (χ0n) is 12.5. The van der Waals surface area contributed by atoms with E-state index in [1.165, 1.54) is 0 Å². The van der Waals surface area contributed by atoms with E-state index in [9.17, 15) is 9.59 Å². The Morgan fingerprint density at radius 1 is 1.27 bits per heavy atom. The highest BCUT2D eigenvalue weighted by molar-refractivity contribution is 5.70. The summed E-state index contributed by atoms with van der Waals surface area (Å²) in [5.41, 5.74) is 0.841. The molecule has 1 heterocycles. The van der Waals surface area contributed by atoms with Crippen LogP contribution in [0.1, 0.15) is 37.7 Å². The smallest absolute Gasteiger partial charge is 0.410 e. The van der Waals surface area contributed by atoms with E-state index in [1.54, 1.807) is 0 Å². The molecular weight excluding hydrogens is 282 g/mol. The maximum atomic E-state index is 12.3. The van der Waals surface area contributed by atoms with Crippen LogP contribution in [0.3, 0.4) is 0 Å². The van der Waals surface area contributed by atoms with E-state index in [4.69, 9.17) is 9.84 Å². The summed E-state index contributed by atoms with van der Waals surface area (Å²) in [6.45, 7) is 0.885. The Hall–Kier alpha value is -2.04. The summed E-state index contributed by atoms with van der Waals surface area (Å²) >= 11 is 0. The van der Waals surface area contributed by atoms with Crippen molar-refractivity contribution in [2.75, 3.05) is 6.54 Å². The second-order valence-corrected chi connectivity index (χ2v) is 6.37. The highest BCUT2D eigenvalue weighted by Gasteiger charge is 2.54. The molecule has 5 heteroatoms. The molecule has 22 heavy (non-hydrogen) atoms. The van der Waals surface area contributed by atoms with E-state index < -0.39 is 5.97 Å². The lowest BCUT2D eigenvalue weighted by Gasteiger charge is -2.39. The third kappa shape index (κ3) is 3.24. The topological polar surface area (TPSA) is 66.8 Å². The number of amides is 1. The van der Waals surface area contributed by atoms with Crippen molar-refractivity contribution in [1.82, 2.24) is 4.90 Å². The van der Waals surface area contributed by atoms with Crippen molar-refractivity contribution >= 4 is 12.1 Å². The number of carboxylic acid groups (broad SMARTS) is 1. The average Bonchev–Trinajstić information content (AvgIpc) is 3.25. The zero-order chi connectivity index (χ0) is 15.6. The summed E-state index contributed by atoms with van der Waals surface area (Å²) < 4.78 is 5.43. The monoisotopic (exact) mass is 303 g/mol. The molecule has 5 nitrogen and oxygen atoms in total. The summed E-state index contributed by atoms with van der Waals surface area (Å²) in [6.07, 6.45) is 3.39. The summed E-state index contributed by atoms with van der Waals surface area (Å²) in [5.74, 6) is -0.570. The molecule has 1 atom stereocenters. The van der Waals surface area contributed by atoms with Crippen LogP contribution < -0.4 is 0 Å². The number of benzene rings is 1. The average molecular weight is 303 g/mol. The van der Waals surface area contributed by atoms with Crippen LogP contribution in [0.4, 0.5) is 4.79 Å². The van der Waals surface area contributed by atoms with Crippen molar-refractivity contribution in [2.24, 2.45) is 5.92 Å². The lowest BCUT2D eigenvalue weighted by molar-refractivity contribution is -0.138. The molecule has 0 bridgehead atoms. The van der Waals surface area contributed by atoms with Crippen LogP contribution in [0.2, 0.25) is 0 Å². The second-order valence-electron chi connectivity index (χ2n) is 6.37. The molecular formula is C17H21NO4. The number of carbonyl (C=O) groups excluding carboxylic acids is 1. The molecule has 1 aliphatic carbocycles. The van der Waals surface area contributed by atoms with Crippen molar-refractivity contribution in [3.05, 3.63) is 35.9 Å². The molecule has 1 aromatic carbocycles. The van der Waals surface area contributed by atoms with Gasteiger partial charge in [0.15, 0.2) is 0 Å². The van der Waals surface area contributed by atoms with Gasteiger partial charge in [-0.1, -0.05) is 30.3 Å². The lowest BCUT2D eigenvalue weighted by atomic mass is 9.87. The predicted molar refractivity (Wildman–Crippen MR) is 80.3 cm³/mol. The Morgan fingerprint density at radius 2 is 2.00 bits per heavy atom. The number of hydrogen-bond donors (Lipinski definition) is 1. The first-order valence-corrected chi connectivity index (χ1v) is 7.79. The van der Waals surface area contributed by atoms with Crippen LogP contribution in [0.25, 0.3) is 0 Å². The molecule has 1 saturated heterocycles. The quantitative estimate of drug-likeness (QED) is 0.928. The third-order valence-electron chi connectivity index (χ3n) is 4.72. The van der Waals surface area contributed by atoms with Gasteiger partial charge >= 0.3 is 12.1 Å². The Bertz CT molecular complexity index is 553. The normalized spacial score (nSPS) is 22.4. The Labute approximate surface area is 129 Å². The number of likely N-dealkylation sites (tertiary alicyclic amines) is 1. The summed E-state index contributed by atoms with van der Waals surface area (Å²) in [4.78, 5) is 25.0. The van der Waals surface area contributed by atoms with Gasteiger partial charge in [0, 0.05) is 18.5 Å². The number of hydrogen-bond acceptors (Lipinski definition) is 3. The van der Waals surface area contributed by atoms with Gasteiger partial charge in [0.05, 0.1) is 0 Å². The number of carbonyl (C=O) groups is 2. The first-order chi connectivity index (χ1) is 10.6. The van der Waals surface area contributed by atoms with Gasteiger partial charge in [0.1, 0.15) is 6.61 Å². The van der Waals surface area contributed by atoms with E-state index in [1.807, 2.05) is 35.2 Å². The Kier molecular flexibility index (Phi) is 4.05. The van der Waals surface area contributed by atoms with Crippen molar-refractivity contribution < 1.29 is 19.4 Å². The highest BCUT2D eigenvalue weighted by atomic mass is 16.6. The van der Waals surface area contributed by atoms with Gasteiger partial charge in [-0.05, 0) is 37.2 Å². The number of carboxylic acids is 1. The molecule has 1 amide bonds. The van der Waals surface area contributed by atoms with Gasteiger partial charge < -0.3 is 14.7 Å². The summed E-state index contributed by atoms with van der Waals surface area (Å²) in [6, 6.07) is 9.63. The van der Waals surface area contributed by atoms with Gasteiger partial charge in [-0.15, -0.1) is 0 Å². The summed E-state index contributed by atoms with van der Waals surface area (Å²) in [7, 11) is 0. The minimum atomic E-state index is -0.749. The fourth-order valence-corrected chi connectivity index (χ4v) is 3.42.